The number of hydrogen-bond donors (Lipinski definition) is 1. The highest BCUT2D eigenvalue weighted by molar-refractivity contribution is 6.10. The molecule has 0 amide bonds. The van der Waals surface area contributed by atoms with E-state index in [-0.39, 0.29) is 24.8 Å². The van der Waals surface area contributed by atoms with Gasteiger partial charge < -0.3 is 18.9 Å². The molecule has 2 aromatic carbocycles. The van der Waals surface area contributed by atoms with Crippen LogP contribution in [0.25, 0.3) is 10.9 Å². The van der Waals surface area contributed by atoms with Crippen molar-refractivity contribution in [1.29, 1.82) is 0 Å². The summed E-state index contributed by atoms with van der Waals surface area (Å²) in [5, 5.41) is 0.810. The van der Waals surface area contributed by atoms with Crippen molar-refractivity contribution in [1.82, 2.24) is 4.98 Å². The maximum atomic E-state index is 12.6. The predicted octanol–water partition coefficient (Wildman–Crippen LogP) is 4.69. The smallest absolute Gasteiger partial charge is 0.374 e. The Kier molecular flexibility index (Phi) is 5.16. The average Bonchev–Trinajstić information content (AvgIpc) is 3.34. The van der Waals surface area contributed by atoms with E-state index in [1.54, 1.807) is 6.07 Å². The van der Waals surface area contributed by atoms with E-state index in [0.717, 1.165) is 16.6 Å². The number of Topliss-reactive ketones (excluding diaryl/α,β-unsaturated/α-hetero) is 1. The van der Waals surface area contributed by atoms with Gasteiger partial charge >= 0.3 is 5.97 Å². The van der Waals surface area contributed by atoms with Gasteiger partial charge in [-0.3, -0.25) is 4.79 Å². The van der Waals surface area contributed by atoms with Gasteiger partial charge in [-0.15, -0.1) is 0 Å². The second kappa shape index (κ2) is 8.06. The fourth-order valence-corrected chi connectivity index (χ4v) is 3.15. The van der Waals surface area contributed by atoms with Crippen LogP contribution in [0.3, 0.4) is 0 Å². The molecule has 0 saturated heterocycles. The molecule has 146 valence electrons. The number of hydrogen-bond acceptors (Lipinski definition) is 5. The molecule has 0 fully saturated rings. The van der Waals surface area contributed by atoms with E-state index in [0.29, 0.717) is 17.1 Å². The fraction of sp³-hybridized carbons (Fsp3) is 0.130. The highest BCUT2D eigenvalue weighted by atomic mass is 16.5. The number of aryl methyl sites for hydroxylation is 1. The summed E-state index contributed by atoms with van der Waals surface area (Å²) in [6.07, 6.45) is 0. The number of aromatic amines is 1. The lowest BCUT2D eigenvalue weighted by molar-refractivity contribution is 0.0441. The Hall–Kier alpha value is -3.80. The Bertz CT molecular complexity index is 1160. The topological polar surface area (TPSA) is 81.5 Å². The number of benzene rings is 2. The number of H-pyrrole nitrogens is 1. The Balaban J connectivity index is 1.36. The lowest BCUT2D eigenvalue weighted by atomic mass is 10.1. The van der Waals surface area contributed by atoms with Gasteiger partial charge in [-0.05, 0) is 37.3 Å². The first-order valence-electron chi connectivity index (χ1n) is 9.16. The predicted molar refractivity (Wildman–Crippen MR) is 107 cm³/mol. The first kappa shape index (κ1) is 18.6. The zero-order valence-corrected chi connectivity index (χ0v) is 15.8. The number of ketones is 1. The minimum Gasteiger partial charge on any atom is -0.486 e. The van der Waals surface area contributed by atoms with E-state index < -0.39 is 5.97 Å². The van der Waals surface area contributed by atoms with Crippen molar-refractivity contribution in [2.45, 2.75) is 13.5 Å². The van der Waals surface area contributed by atoms with Crippen molar-refractivity contribution in [2.75, 3.05) is 6.61 Å². The molecule has 6 nitrogen and oxygen atoms in total. The second-order valence-corrected chi connectivity index (χ2v) is 6.54. The summed E-state index contributed by atoms with van der Waals surface area (Å²) in [4.78, 5) is 28.0. The van der Waals surface area contributed by atoms with Gasteiger partial charge in [-0.1, -0.05) is 36.4 Å². The molecule has 29 heavy (non-hydrogen) atoms. The largest absolute Gasteiger partial charge is 0.486 e. The summed E-state index contributed by atoms with van der Waals surface area (Å²) in [6, 6.07) is 20.0. The van der Waals surface area contributed by atoms with Gasteiger partial charge in [0.25, 0.3) is 0 Å². The number of furan rings is 1. The maximum Gasteiger partial charge on any atom is 0.374 e. The van der Waals surface area contributed by atoms with Gasteiger partial charge in [0.15, 0.2) is 6.61 Å². The Morgan fingerprint density at radius 3 is 2.55 bits per heavy atom. The molecule has 0 aliphatic heterocycles. The summed E-state index contributed by atoms with van der Waals surface area (Å²) in [7, 11) is 0. The van der Waals surface area contributed by atoms with E-state index >= 15 is 0 Å². The normalized spacial score (nSPS) is 10.8. The van der Waals surface area contributed by atoms with Crippen molar-refractivity contribution in [3.05, 3.63) is 89.5 Å². The summed E-state index contributed by atoms with van der Waals surface area (Å²) >= 11 is 0. The van der Waals surface area contributed by atoms with Crippen molar-refractivity contribution >= 4 is 22.7 Å². The van der Waals surface area contributed by atoms with Crippen LogP contribution in [0.5, 0.6) is 5.75 Å². The molecule has 0 unspecified atom stereocenters. The number of aromatic nitrogens is 1. The molecule has 0 aliphatic rings. The van der Waals surface area contributed by atoms with Crippen molar-refractivity contribution in [3.8, 4) is 5.75 Å². The van der Waals surface area contributed by atoms with E-state index in [1.807, 2.05) is 61.5 Å². The Morgan fingerprint density at radius 2 is 1.72 bits per heavy atom. The van der Waals surface area contributed by atoms with Gasteiger partial charge in [-0.25, -0.2) is 4.79 Å². The van der Waals surface area contributed by atoms with Gasteiger partial charge in [0, 0.05) is 22.2 Å². The molecule has 0 saturated carbocycles. The monoisotopic (exact) mass is 389 g/mol. The molecule has 0 aliphatic carbocycles. The third kappa shape index (κ3) is 4.06. The number of ether oxygens (including phenoxy) is 2. The molecule has 2 heterocycles. The molecule has 0 bridgehead atoms. The summed E-state index contributed by atoms with van der Waals surface area (Å²) in [5.74, 6) is 0.252. The zero-order valence-electron chi connectivity index (χ0n) is 15.8. The number of nitrogens with one attached hydrogen (secondary N) is 1. The Morgan fingerprint density at radius 1 is 0.966 bits per heavy atom. The van der Waals surface area contributed by atoms with Crippen LogP contribution in [0.2, 0.25) is 0 Å². The molecule has 6 heteroatoms. The standard InChI is InChI=1S/C23H19NO5/c1-15-22(18-9-5-6-10-19(18)24-15)20(25)14-28-23(26)21-12-11-17(29-21)13-27-16-7-3-2-4-8-16/h2-12,24H,13-14H2,1H3. The van der Waals surface area contributed by atoms with E-state index in [9.17, 15) is 9.59 Å². The highest BCUT2D eigenvalue weighted by Gasteiger charge is 2.19. The van der Waals surface area contributed by atoms with Crippen LogP contribution in [0.15, 0.2) is 71.1 Å². The molecule has 0 atom stereocenters. The number of fused-ring (bicyclic) bond motifs is 1. The van der Waals surface area contributed by atoms with Crippen LogP contribution in [0.4, 0.5) is 0 Å². The Labute approximate surface area is 167 Å². The molecule has 1 N–H and O–H groups in total. The maximum absolute atomic E-state index is 12.6. The first-order valence-corrected chi connectivity index (χ1v) is 9.16. The molecular formula is C23H19NO5. The molecule has 2 aromatic heterocycles. The third-order valence-electron chi connectivity index (χ3n) is 4.49. The quantitative estimate of drug-likeness (QED) is 0.366. The number of esters is 1. The van der Waals surface area contributed by atoms with Crippen LogP contribution in [-0.2, 0) is 11.3 Å². The number of carbonyl (C=O) groups is 2. The van der Waals surface area contributed by atoms with E-state index in [2.05, 4.69) is 4.98 Å². The summed E-state index contributed by atoms with van der Waals surface area (Å²) in [5.41, 5.74) is 2.14. The van der Waals surface area contributed by atoms with Crippen molar-refractivity contribution < 1.29 is 23.5 Å². The second-order valence-electron chi connectivity index (χ2n) is 6.54. The first-order chi connectivity index (χ1) is 14.1. The summed E-state index contributed by atoms with van der Waals surface area (Å²) in [6.45, 7) is 1.64. The molecule has 0 spiro atoms. The van der Waals surface area contributed by atoms with Crippen LogP contribution < -0.4 is 4.74 Å². The molecule has 0 radical (unpaired) electrons. The molecule has 4 rings (SSSR count). The number of rotatable bonds is 7. The third-order valence-corrected chi connectivity index (χ3v) is 4.49. The minimum absolute atomic E-state index is 0.0279. The van der Waals surface area contributed by atoms with Gasteiger partial charge in [-0.2, -0.15) is 0 Å². The fourth-order valence-electron chi connectivity index (χ4n) is 3.15. The SMILES string of the molecule is Cc1[nH]c2ccccc2c1C(=O)COC(=O)c1ccc(COc2ccccc2)o1. The zero-order chi connectivity index (χ0) is 20.2. The molecule has 4 aromatic rings. The van der Waals surface area contributed by atoms with E-state index in [4.69, 9.17) is 13.9 Å². The number of carbonyl (C=O) groups excluding carboxylic acids is 2. The minimum atomic E-state index is -0.693. The van der Waals surface area contributed by atoms with Crippen molar-refractivity contribution in [3.63, 3.8) is 0 Å². The highest BCUT2D eigenvalue weighted by Crippen LogP contribution is 2.22. The van der Waals surface area contributed by atoms with E-state index in [1.165, 1.54) is 6.07 Å². The van der Waals surface area contributed by atoms with Gasteiger partial charge in [0.05, 0.1) is 0 Å². The summed E-state index contributed by atoms with van der Waals surface area (Å²) < 4.78 is 16.2. The van der Waals surface area contributed by atoms with Crippen LogP contribution in [0, 0.1) is 6.92 Å². The van der Waals surface area contributed by atoms with Gasteiger partial charge in [0.2, 0.25) is 11.5 Å². The van der Waals surface area contributed by atoms with Crippen LogP contribution in [-0.4, -0.2) is 23.3 Å². The molecular weight excluding hydrogens is 370 g/mol. The average molecular weight is 389 g/mol. The van der Waals surface area contributed by atoms with Crippen LogP contribution >= 0.6 is 0 Å². The van der Waals surface area contributed by atoms with Gasteiger partial charge in [0.1, 0.15) is 18.1 Å². The lowest BCUT2D eigenvalue weighted by Gasteiger charge is -2.04. The van der Waals surface area contributed by atoms with Crippen LogP contribution in [0.1, 0.15) is 32.4 Å². The van der Waals surface area contributed by atoms with Crippen molar-refractivity contribution in [2.24, 2.45) is 0 Å². The number of para-hydroxylation sites is 2. The lowest BCUT2D eigenvalue weighted by Crippen LogP contribution is -2.14.